The van der Waals surface area contributed by atoms with Gasteiger partial charge in [0.1, 0.15) is 12.1 Å². The van der Waals surface area contributed by atoms with E-state index in [1.54, 1.807) is 6.92 Å². The summed E-state index contributed by atoms with van der Waals surface area (Å²) in [6.07, 6.45) is -1.49. The third-order valence-electron chi connectivity index (χ3n) is 2.66. The van der Waals surface area contributed by atoms with E-state index in [4.69, 9.17) is 14.9 Å². The van der Waals surface area contributed by atoms with Gasteiger partial charge in [-0.05, 0) is 6.92 Å². The third kappa shape index (κ3) is 3.91. The second kappa shape index (κ2) is 6.50. The number of hydrogen-bond acceptors (Lipinski definition) is 5. The fourth-order valence-corrected chi connectivity index (χ4v) is 1.85. The first-order chi connectivity index (χ1) is 8.86. The Hall–Kier alpha value is -1.64. The van der Waals surface area contributed by atoms with E-state index in [9.17, 15) is 9.59 Å². The summed E-state index contributed by atoms with van der Waals surface area (Å²) in [6.45, 7) is 3.46. The highest BCUT2D eigenvalue weighted by molar-refractivity contribution is 5.83. The van der Waals surface area contributed by atoms with Crippen LogP contribution in [-0.2, 0) is 14.3 Å². The third-order valence-corrected chi connectivity index (χ3v) is 2.66. The van der Waals surface area contributed by atoms with Crippen molar-refractivity contribution in [2.75, 3.05) is 6.54 Å². The van der Waals surface area contributed by atoms with Crippen LogP contribution in [0.15, 0.2) is 11.8 Å². The van der Waals surface area contributed by atoms with Crippen molar-refractivity contribution >= 4 is 11.8 Å². The molecule has 19 heavy (non-hydrogen) atoms. The Morgan fingerprint density at radius 2 is 2.16 bits per heavy atom. The van der Waals surface area contributed by atoms with Gasteiger partial charge >= 0.3 is 0 Å². The summed E-state index contributed by atoms with van der Waals surface area (Å²) in [5.74, 6) is -0.906. The summed E-state index contributed by atoms with van der Waals surface area (Å²) in [4.78, 5) is 23.1. The summed E-state index contributed by atoms with van der Waals surface area (Å²) in [7, 11) is 0. The number of ether oxygens (including phenoxy) is 1. The molecule has 8 heteroatoms. The van der Waals surface area contributed by atoms with Gasteiger partial charge < -0.3 is 31.3 Å². The van der Waals surface area contributed by atoms with E-state index >= 15 is 0 Å². The van der Waals surface area contributed by atoms with E-state index in [2.05, 4.69) is 16.4 Å². The number of nitrogens with one attached hydrogen (secondary N) is 2. The number of carbonyl (C=O) groups excluding carboxylic acids is 2. The van der Waals surface area contributed by atoms with Crippen LogP contribution in [0.25, 0.3) is 0 Å². The minimum atomic E-state index is -1.82. The van der Waals surface area contributed by atoms with Crippen molar-refractivity contribution < 1.29 is 30.3 Å². The molecule has 1 aliphatic rings. The SMILES string of the molecule is CCNC(=O)[C@@H]1OC(C(O)O)=C[C@H]([NH3+])[C@H]1NC(C)=O. The zero-order chi connectivity index (χ0) is 14.6. The maximum atomic E-state index is 11.9. The van der Waals surface area contributed by atoms with E-state index in [0.717, 1.165) is 0 Å². The average Bonchev–Trinajstić information content (AvgIpc) is 2.30. The molecule has 0 aliphatic carbocycles. The van der Waals surface area contributed by atoms with Crippen molar-refractivity contribution in [3.8, 4) is 0 Å². The molecule has 1 rings (SSSR count). The van der Waals surface area contributed by atoms with Crippen molar-refractivity contribution in [2.45, 2.75) is 38.3 Å². The van der Waals surface area contributed by atoms with Crippen molar-refractivity contribution in [3.05, 3.63) is 11.8 Å². The Balaban J connectivity index is 2.96. The Labute approximate surface area is 110 Å². The summed E-state index contributed by atoms with van der Waals surface area (Å²) in [5.41, 5.74) is 3.78. The summed E-state index contributed by atoms with van der Waals surface area (Å²) < 4.78 is 5.24. The van der Waals surface area contributed by atoms with Gasteiger partial charge in [-0.25, -0.2) is 0 Å². The predicted molar refractivity (Wildman–Crippen MR) is 64.1 cm³/mol. The number of aliphatic hydroxyl groups excluding tert-OH is 1. The number of likely N-dealkylation sites (N-methyl/N-ethyl adjacent to an activating group) is 1. The van der Waals surface area contributed by atoms with Crippen LogP contribution in [0.2, 0.25) is 0 Å². The minimum Gasteiger partial charge on any atom is -0.477 e. The molecule has 0 aromatic carbocycles. The van der Waals surface area contributed by atoms with Gasteiger partial charge in [-0.15, -0.1) is 0 Å². The largest absolute Gasteiger partial charge is 0.477 e. The highest BCUT2D eigenvalue weighted by atomic mass is 16.6. The first-order valence-electron chi connectivity index (χ1n) is 5.99. The fraction of sp³-hybridized carbons (Fsp3) is 0.636. The standard InChI is InChI=1S/C11H19N3O5/c1-3-13-10(16)9-8(14-5(2)15)6(12)4-7(19-9)11(17)18/h4,6,8-9,11,17-18H,3,12H2,1-2H3,(H,13,16)(H,14,15)/p+1/t6-,8+,9+/m0/s1. The van der Waals surface area contributed by atoms with E-state index in [1.807, 2.05) is 0 Å². The summed E-state index contributed by atoms with van der Waals surface area (Å²) >= 11 is 0. The van der Waals surface area contributed by atoms with E-state index in [1.165, 1.54) is 13.0 Å². The topological polar surface area (TPSA) is 136 Å². The van der Waals surface area contributed by atoms with Gasteiger partial charge in [0.05, 0.1) is 0 Å². The Kier molecular flexibility index (Phi) is 5.28. The Bertz CT molecular complexity index is 383. The van der Waals surface area contributed by atoms with Crippen LogP contribution in [0, 0.1) is 0 Å². The molecule has 0 saturated carbocycles. The molecular weight excluding hydrogens is 254 g/mol. The van der Waals surface area contributed by atoms with Gasteiger partial charge in [-0.2, -0.15) is 0 Å². The van der Waals surface area contributed by atoms with Crippen LogP contribution in [0.5, 0.6) is 0 Å². The normalized spacial score (nSPS) is 26.4. The molecule has 0 bridgehead atoms. The molecule has 7 N–H and O–H groups in total. The lowest BCUT2D eigenvalue weighted by molar-refractivity contribution is -0.415. The lowest BCUT2D eigenvalue weighted by atomic mass is 9.98. The molecule has 1 heterocycles. The molecule has 1 aliphatic heterocycles. The maximum absolute atomic E-state index is 11.9. The zero-order valence-corrected chi connectivity index (χ0v) is 10.9. The van der Waals surface area contributed by atoms with Gasteiger partial charge in [0, 0.05) is 19.5 Å². The van der Waals surface area contributed by atoms with Crippen LogP contribution in [-0.4, -0.2) is 53.0 Å². The van der Waals surface area contributed by atoms with Gasteiger partial charge in [0.15, 0.2) is 5.76 Å². The predicted octanol–water partition coefficient (Wildman–Crippen LogP) is -3.17. The van der Waals surface area contributed by atoms with Crippen molar-refractivity contribution in [3.63, 3.8) is 0 Å². The first kappa shape index (κ1) is 15.4. The molecular formula is C11H20N3O5+. The second-order valence-corrected chi connectivity index (χ2v) is 4.27. The van der Waals surface area contributed by atoms with E-state index in [-0.39, 0.29) is 11.7 Å². The smallest absolute Gasteiger partial charge is 0.263 e. The minimum absolute atomic E-state index is 0.141. The number of quaternary nitrogens is 1. The molecule has 108 valence electrons. The van der Waals surface area contributed by atoms with Crippen molar-refractivity contribution in [2.24, 2.45) is 0 Å². The Morgan fingerprint density at radius 3 is 2.63 bits per heavy atom. The monoisotopic (exact) mass is 274 g/mol. The summed E-state index contributed by atoms with van der Waals surface area (Å²) in [6, 6.07) is -1.17. The van der Waals surface area contributed by atoms with Gasteiger partial charge in [-0.1, -0.05) is 0 Å². The molecule has 0 unspecified atom stereocenters. The number of aliphatic hydroxyl groups is 2. The molecule has 0 fully saturated rings. The number of rotatable bonds is 4. The van der Waals surface area contributed by atoms with Crippen LogP contribution < -0.4 is 16.4 Å². The molecule has 0 aromatic rings. The molecule has 3 atom stereocenters. The quantitative estimate of drug-likeness (QED) is 0.345. The molecule has 0 saturated heterocycles. The molecule has 0 spiro atoms. The van der Waals surface area contributed by atoms with Crippen LogP contribution >= 0.6 is 0 Å². The van der Waals surface area contributed by atoms with Crippen LogP contribution in [0.4, 0.5) is 0 Å². The zero-order valence-electron chi connectivity index (χ0n) is 10.9. The van der Waals surface area contributed by atoms with Gasteiger partial charge in [-0.3, -0.25) is 9.59 Å². The van der Waals surface area contributed by atoms with Crippen molar-refractivity contribution in [1.82, 2.24) is 10.6 Å². The van der Waals surface area contributed by atoms with Gasteiger partial charge in [0.25, 0.3) is 5.91 Å². The molecule has 8 nitrogen and oxygen atoms in total. The maximum Gasteiger partial charge on any atom is 0.263 e. The number of carbonyl (C=O) groups is 2. The van der Waals surface area contributed by atoms with Gasteiger partial charge in [0.2, 0.25) is 18.3 Å². The molecule has 0 radical (unpaired) electrons. The fourth-order valence-electron chi connectivity index (χ4n) is 1.85. The lowest BCUT2D eigenvalue weighted by Crippen LogP contribution is -2.74. The molecule has 0 aromatic heterocycles. The number of hydrogen-bond donors (Lipinski definition) is 5. The highest BCUT2D eigenvalue weighted by Gasteiger charge is 2.41. The van der Waals surface area contributed by atoms with Crippen LogP contribution in [0.1, 0.15) is 13.8 Å². The lowest BCUT2D eigenvalue weighted by Gasteiger charge is -2.33. The molecule has 2 amide bonds. The first-order valence-corrected chi connectivity index (χ1v) is 5.99. The van der Waals surface area contributed by atoms with Crippen LogP contribution in [0.3, 0.4) is 0 Å². The van der Waals surface area contributed by atoms with Crippen molar-refractivity contribution in [1.29, 1.82) is 0 Å². The second-order valence-electron chi connectivity index (χ2n) is 4.27. The van der Waals surface area contributed by atoms with E-state index in [0.29, 0.717) is 6.54 Å². The average molecular weight is 274 g/mol. The highest BCUT2D eigenvalue weighted by Crippen LogP contribution is 2.18. The Morgan fingerprint density at radius 1 is 1.53 bits per heavy atom. The van der Waals surface area contributed by atoms with E-state index < -0.39 is 30.4 Å². The summed E-state index contributed by atoms with van der Waals surface area (Å²) in [5, 5.41) is 23.4. The number of amides is 2.